The van der Waals surface area contributed by atoms with Crippen LogP contribution in [0.15, 0.2) is 60.7 Å². The Morgan fingerprint density at radius 3 is 1.68 bits per heavy atom. The lowest BCUT2D eigenvalue weighted by Crippen LogP contribution is -2.24. The summed E-state index contributed by atoms with van der Waals surface area (Å²) >= 11 is 0. The van der Waals surface area contributed by atoms with Gasteiger partial charge in [-0.1, -0.05) is 67.6 Å². The molecule has 0 fully saturated rings. The molecule has 6 nitrogen and oxygen atoms in total. The van der Waals surface area contributed by atoms with E-state index in [-0.39, 0.29) is 26.2 Å². The van der Waals surface area contributed by atoms with E-state index in [0.29, 0.717) is 6.54 Å². The molecule has 0 aliphatic rings. The number of aliphatic hydroxyl groups excluding tert-OH is 2. The molecule has 2 aromatic rings. The minimum Gasteiger partial charge on any atom is -0.480 e. The van der Waals surface area contributed by atoms with E-state index >= 15 is 0 Å². The van der Waals surface area contributed by atoms with Crippen LogP contribution in [-0.2, 0) is 9.53 Å². The first-order valence-corrected chi connectivity index (χ1v) is 7.99. The highest BCUT2D eigenvalue weighted by molar-refractivity contribution is 5.68. The molecule has 25 heavy (non-hydrogen) atoms. The molecular weight excluding hydrogens is 322 g/mol. The third kappa shape index (κ3) is 7.91. The molecule has 0 aliphatic heterocycles. The number of carbonyl (C=O) groups is 1. The topological polar surface area (TPSA) is 90.2 Å². The maximum Gasteiger partial charge on any atom is 0.329 e. The van der Waals surface area contributed by atoms with Gasteiger partial charge in [-0.3, -0.25) is 4.90 Å². The van der Waals surface area contributed by atoms with Crippen LogP contribution in [0.5, 0.6) is 0 Å². The zero-order valence-electron chi connectivity index (χ0n) is 14.3. The smallest absolute Gasteiger partial charge is 0.329 e. The van der Waals surface area contributed by atoms with Gasteiger partial charge in [0.05, 0.1) is 13.5 Å². The normalized spacial score (nSPS) is 10.4. The second-order valence-electron chi connectivity index (χ2n) is 5.18. The van der Waals surface area contributed by atoms with Crippen molar-refractivity contribution in [1.29, 1.82) is 0 Å². The van der Waals surface area contributed by atoms with Gasteiger partial charge < -0.3 is 20.1 Å². The van der Waals surface area contributed by atoms with Crippen LogP contribution in [0.25, 0.3) is 0 Å². The van der Waals surface area contributed by atoms with Crippen molar-refractivity contribution in [1.82, 2.24) is 4.90 Å². The summed E-state index contributed by atoms with van der Waals surface area (Å²) in [5, 5.41) is 25.3. The second-order valence-corrected chi connectivity index (χ2v) is 5.18. The lowest BCUT2D eigenvalue weighted by atomic mass is 10.0. The molecule has 0 amide bonds. The number of rotatable bonds is 8. The molecule has 3 N–H and O–H groups in total. The Kier molecular flexibility index (Phi) is 10.1. The molecule has 0 unspecified atom stereocenters. The van der Waals surface area contributed by atoms with Gasteiger partial charge in [0.25, 0.3) is 0 Å². The van der Waals surface area contributed by atoms with Crippen LogP contribution in [0.4, 0.5) is 0 Å². The summed E-state index contributed by atoms with van der Waals surface area (Å²) in [6.45, 7) is 2.12. The van der Waals surface area contributed by atoms with Crippen molar-refractivity contribution in [2.45, 2.75) is 13.0 Å². The van der Waals surface area contributed by atoms with E-state index in [2.05, 4.69) is 0 Å². The van der Waals surface area contributed by atoms with Gasteiger partial charge in [-0.2, -0.15) is 0 Å². The minimum absolute atomic E-state index is 0.0625. The minimum atomic E-state index is -0.966. The number of carboxylic acid groups (broad SMARTS) is 1. The quantitative estimate of drug-likeness (QED) is 0.634. The van der Waals surface area contributed by atoms with Crippen molar-refractivity contribution < 1.29 is 24.9 Å². The predicted molar refractivity (Wildman–Crippen MR) is 94.9 cm³/mol. The van der Waals surface area contributed by atoms with E-state index in [0.717, 1.165) is 11.1 Å². The van der Waals surface area contributed by atoms with Gasteiger partial charge >= 0.3 is 5.97 Å². The summed E-state index contributed by atoms with van der Waals surface area (Å²) in [5.74, 6) is -0.966. The van der Waals surface area contributed by atoms with E-state index in [1.165, 1.54) is 4.90 Å². The van der Waals surface area contributed by atoms with Crippen molar-refractivity contribution in [2.24, 2.45) is 0 Å². The molecular formula is C19H25NO5. The number of hydrogen-bond donors (Lipinski definition) is 3. The van der Waals surface area contributed by atoms with Gasteiger partial charge in [0, 0.05) is 0 Å². The average Bonchev–Trinajstić information content (AvgIpc) is 2.65. The van der Waals surface area contributed by atoms with Crippen LogP contribution in [0, 0.1) is 0 Å². The maximum absolute atomic E-state index is 10.6. The molecule has 0 radical (unpaired) electrons. The zero-order chi connectivity index (χ0) is 18.5. The van der Waals surface area contributed by atoms with Crippen LogP contribution in [-0.4, -0.2) is 52.8 Å². The van der Waals surface area contributed by atoms with Crippen molar-refractivity contribution in [3.8, 4) is 0 Å². The third-order valence-corrected chi connectivity index (χ3v) is 3.43. The molecule has 0 heterocycles. The number of ether oxygens (including phenoxy) is 1. The van der Waals surface area contributed by atoms with E-state index in [1.807, 2.05) is 67.6 Å². The van der Waals surface area contributed by atoms with E-state index in [1.54, 1.807) is 0 Å². The van der Waals surface area contributed by atoms with Crippen LogP contribution in [0.1, 0.15) is 24.2 Å². The van der Waals surface area contributed by atoms with Crippen LogP contribution in [0.2, 0.25) is 0 Å². The Bertz CT molecular complexity index is 542. The summed E-state index contributed by atoms with van der Waals surface area (Å²) in [6, 6.07) is 19.2. The molecule has 0 aromatic heterocycles. The van der Waals surface area contributed by atoms with Crippen molar-refractivity contribution in [2.75, 3.05) is 26.6 Å². The molecule has 0 saturated heterocycles. The first-order valence-electron chi connectivity index (χ1n) is 7.99. The fraction of sp³-hybridized carbons (Fsp3) is 0.316. The lowest BCUT2D eigenvalue weighted by Gasteiger charge is -2.17. The standard InChI is InChI=1S/C15H14O3.C4H11NO2/c16-14(17)11-18-15(12-7-3-1-4-8-12)13-9-5-2-6-10-13;1-2-5(3-6)4-7/h1-10,15H,11H2,(H,16,17);6-7H,2-4H2,1H3. The number of nitrogens with zero attached hydrogens (tertiary/aromatic N) is 1. The molecule has 2 aromatic carbocycles. The highest BCUT2D eigenvalue weighted by Gasteiger charge is 2.15. The Labute approximate surface area is 147 Å². The molecule has 0 bridgehead atoms. The summed E-state index contributed by atoms with van der Waals surface area (Å²) in [4.78, 5) is 12.1. The molecule has 0 spiro atoms. The number of aliphatic hydroxyl groups is 2. The van der Waals surface area contributed by atoms with Crippen LogP contribution >= 0.6 is 0 Å². The lowest BCUT2D eigenvalue weighted by molar-refractivity contribution is -0.143. The molecule has 0 atom stereocenters. The number of carboxylic acids is 1. The average molecular weight is 347 g/mol. The summed E-state index contributed by atoms with van der Waals surface area (Å²) in [5.41, 5.74) is 1.90. The second kappa shape index (κ2) is 12.2. The van der Waals surface area contributed by atoms with Gasteiger partial charge in [-0.05, 0) is 17.7 Å². The Morgan fingerprint density at radius 1 is 0.960 bits per heavy atom. The summed E-state index contributed by atoms with van der Waals surface area (Å²) in [6.07, 6.45) is -0.344. The van der Waals surface area contributed by atoms with Gasteiger partial charge in [0.2, 0.25) is 0 Å². The summed E-state index contributed by atoms with van der Waals surface area (Å²) < 4.78 is 5.48. The first kappa shape index (κ1) is 20.8. The monoisotopic (exact) mass is 347 g/mol. The van der Waals surface area contributed by atoms with Crippen molar-refractivity contribution in [3.05, 3.63) is 71.8 Å². The van der Waals surface area contributed by atoms with E-state index in [9.17, 15) is 4.79 Å². The van der Waals surface area contributed by atoms with Gasteiger partial charge in [0.1, 0.15) is 12.7 Å². The SMILES string of the molecule is CCN(CO)CO.O=C(O)COC(c1ccccc1)c1ccccc1. The zero-order valence-corrected chi connectivity index (χ0v) is 14.3. The molecule has 6 heteroatoms. The molecule has 2 rings (SSSR count). The number of hydrogen-bond acceptors (Lipinski definition) is 5. The Morgan fingerprint density at radius 2 is 1.40 bits per heavy atom. The van der Waals surface area contributed by atoms with E-state index < -0.39 is 5.97 Å². The van der Waals surface area contributed by atoms with Crippen molar-refractivity contribution >= 4 is 5.97 Å². The largest absolute Gasteiger partial charge is 0.480 e. The Hall–Kier alpha value is -2.25. The highest BCUT2D eigenvalue weighted by atomic mass is 16.5. The predicted octanol–water partition coefficient (Wildman–Crippen LogP) is 2.09. The van der Waals surface area contributed by atoms with Gasteiger partial charge in [-0.15, -0.1) is 0 Å². The molecule has 0 saturated carbocycles. The van der Waals surface area contributed by atoms with Crippen LogP contribution < -0.4 is 0 Å². The van der Waals surface area contributed by atoms with Gasteiger partial charge in [0.15, 0.2) is 0 Å². The first-order chi connectivity index (χ1) is 12.1. The fourth-order valence-corrected chi connectivity index (χ4v) is 2.04. The van der Waals surface area contributed by atoms with Gasteiger partial charge in [-0.25, -0.2) is 4.79 Å². The highest BCUT2D eigenvalue weighted by Crippen LogP contribution is 2.25. The Balaban J connectivity index is 0.000000381. The molecule has 136 valence electrons. The third-order valence-electron chi connectivity index (χ3n) is 3.43. The maximum atomic E-state index is 10.6. The van der Waals surface area contributed by atoms with Crippen molar-refractivity contribution in [3.63, 3.8) is 0 Å². The van der Waals surface area contributed by atoms with Crippen LogP contribution in [0.3, 0.4) is 0 Å². The fourth-order valence-electron chi connectivity index (χ4n) is 2.04. The summed E-state index contributed by atoms with van der Waals surface area (Å²) in [7, 11) is 0. The number of aliphatic carboxylic acids is 1. The number of benzene rings is 2. The van der Waals surface area contributed by atoms with E-state index in [4.69, 9.17) is 20.1 Å². The molecule has 0 aliphatic carbocycles.